The summed E-state index contributed by atoms with van der Waals surface area (Å²) in [7, 11) is 0. The summed E-state index contributed by atoms with van der Waals surface area (Å²) in [6.07, 6.45) is 4.46. The van der Waals surface area contributed by atoms with Crippen molar-refractivity contribution in [3.05, 3.63) is 52.2 Å². The fraction of sp³-hybridized carbons (Fsp3) is 0.364. The third kappa shape index (κ3) is 5.89. The second-order valence-electron chi connectivity index (χ2n) is 7.11. The number of aryl methyl sites for hydroxylation is 1. The first kappa shape index (κ1) is 22.9. The Kier molecular flexibility index (Phi) is 8.41. The Morgan fingerprint density at radius 3 is 2.90 bits per heavy atom. The molecule has 0 radical (unpaired) electrons. The Morgan fingerprint density at radius 2 is 2.13 bits per heavy atom. The van der Waals surface area contributed by atoms with Gasteiger partial charge in [-0.15, -0.1) is 23.7 Å². The molecule has 3 heterocycles. The molecule has 5 nitrogen and oxygen atoms in total. The van der Waals surface area contributed by atoms with Crippen LogP contribution in [0.3, 0.4) is 0 Å². The zero-order valence-electron chi connectivity index (χ0n) is 17.0. The van der Waals surface area contributed by atoms with Crippen molar-refractivity contribution in [2.75, 3.05) is 44.3 Å². The number of thiophene rings is 1. The van der Waals surface area contributed by atoms with E-state index in [0.717, 1.165) is 59.5 Å². The summed E-state index contributed by atoms with van der Waals surface area (Å²) >= 11 is 3.21. The number of thiazole rings is 1. The van der Waals surface area contributed by atoms with Gasteiger partial charge in [0, 0.05) is 37.1 Å². The van der Waals surface area contributed by atoms with Crippen LogP contribution in [0.4, 0.5) is 5.13 Å². The lowest BCUT2D eigenvalue weighted by molar-refractivity contribution is -0.114. The Hall–Kier alpha value is -1.77. The Labute approximate surface area is 191 Å². The standard InChI is InChI=1S/C22H25N3O2S2.ClH/c1-17-5-7-19-20(16-17)29-22(23-19)25(10-3-9-24-11-13-27-14-12-24)21(26)8-6-18-4-2-15-28-18;/h2,4-8,15-16H,3,9-14H2,1H3;1H. The fourth-order valence-corrected chi connectivity index (χ4v) is 5.06. The SMILES string of the molecule is Cc1ccc2nc(N(CCCN3CCOCC3)C(=O)C=Cc3cccs3)sc2c1.Cl. The number of carbonyl (C=O) groups excluding carboxylic acids is 1. The van der Waals surface area contributed by atoms with Crippen LogP contribution in [0.25, 0.3) is 16.3 Å². The first-order valence-corrected chi connectivity index (χ1v) is 11.6. The van der Waals surface area contributed by atoms with E-state index < -0.39 is 0 Å². The van der Waals surface area contributed by atoms with Gasteiger partial charge in [-0.2, -0.15) is 0 Å². The number of ether oxygens (including phenoxy) is 1. The van der Waals surface area contributed by atoms with E-state index in [2.05, 4.69) is 24.0 Å². The van der Waals surface area contributed by atoms with Gasteiger partial charge in [0.1, 0.15) is 0 Å². The normalized spacial score (nSPS) is 14.8. The van der Waals surface area contributed by atoms with Crippen molar-refractivity contribution in [3.8, 4) is 0 Å². The van der Waals surface area contributed by atoms with Gasteiger partial charge < -0.3 is 4.74 Å². The maximum Gasteiger partial charge on any atom is 0.252 e. The number of morpholine rings is 1. The average molecular weight is 464 g/mol. The van der Waals surface area contributed by atoms with Crippen molar-refractivity contribution in [2.24, 2.45) is 0 Å². The minimum atomic E-state index is -0.0174. The fourth-order valence-electron chi connectivity index (χ4n) is 3.34. The molecule has 0 atom stereocenters. The van der Waals surface area contributed by atoms with Crippen molar-refractivity contribution in [3.63, 3.8) is 0 Å². The first-order chi connectivity index (χ1) is 14.2. The lowest BCUT2D eigenvalue weighted by Gasteiger charge is -2.27. The van der Waals surface area contributed by atoms with Gasteiger partial charge in [0.2, 0.25) is 0 Å². The number of hydrogen-bond donors (Lipinski definition) is 0. The number of rotatable bonds is 7. The number of halogens is 1. The molecule has 3 aromatic rings. The molecular weight excluding hydrogens is 438 g/mol. The summed E-state index contributed by atoms with van der Waals surface area (Å²) in [6.45, 7) is 7.22. The second-order valence-corrected chi connectivity index (χ2v) is 9.10. The third-order valence-electron chi connectivity index (χ3n) is 4.92. The van der Waals surface area contributed by atoms with E-state index in [1.54, 1.807) is 28.7 Å². The maximum absolute atomic E-state index is 13.0. The third-order valence-corrected chi connectivity index (χ3v) is 6.80. The van der Waals surface area contributed by atoms with Gasteiger partial charge in [0.05, 0.1) is 23.4 Å². The van der Waals surface area contributed by atoms with Crippen LogP contribution in [0.5, 0.6) is 0 Å². The summed E-state index contributed by atoms with van der Waals surface area (Å²) in [5.41, 5.74) is 2.15. The number of anilines is 1. The van der Waals surface area contributed by atoms with Crippen molar-refractivity contribution in [2.45, 2.75) is 13.3 Å². The lowest BCUT2D eigenvalue weighted by Crippen LogP contribution is -2.39. The molecule has 0 saturated carbocycles. The average Bonchev–Trinajstić information content (AvgIpc) is 3.39. The molecule has 1 saturated heterocycles. The lowest BCUT2D eigenvalue weighted by atomic mass is 10.2. The van der Waals surface area contributed by atoms with E-state index in [1.165, 1.54) is 5.56 Å². The van der Waals surface area contributed by atoms with E-state index in [0.29, 0.717) is 6.54 Å². The predicted molar refractivity (Wildman–Crippen MR) is 129 cm³/mol. The molecule has 30 heavy (non-hydrogen) atoms. The molecule has 1 aliphatic rings. The first-order valence-electron chi connectivity index (χ1n) is 9.89. The Balaban J connectivity index is 0.00000256. The van der Waals surface area contributed by atoms with Gasteiger partial charge in [-0.3, -0.25) is 14.6 Å². The molecule has 0 N–H and O–H groups in total. The largest absolute Gasteiger partial charge is 0.379 e. The van der Waals surface area contributed by atoms with Gasteiger partial charge in [-0.05, 0) is 48.6 Å². The van der Waals surface area contributed by atoms with Crippen molar-refractivity contribution < 1.29 is 9.53 Å². The molecule has 8 heteroatoms. The summed E-state index contributed by atoms with van der Waals surface area (Å²) in [6, 6.07) is 10.2. The van der Waals surface area contributed by atoms with Gasteiger partial charge >= 0.3 is 0 Å². The number of carbonyl (C=O) groups is 1. The summed E-state index contributed by atoms with van der Waals surface area (Å²) in [5.74, 6) is -0.0174. The van der Waals surface area contributed by atoms with E-state index >= 15 is 0 Å². The monoisotopic (exact) mass is 463 g/mol. The van der Waals surface area contributed by atoms with Crippen molar-refractivity contribution in [1.29, 1.82) is 0 Å². The molecule has 0 unspecified atom stereocenters. The van der Waals surface area contributed by atoms with Crippen LogP contribution in [0, 0.1) is 6.92 Å². The van der Waals surface area contributed by atoms with Crippen molar-refractivity contribution >= 4 is 62.4 Å². The molecular formula is C22H26ClN3O2S2. The van der Waals surface area contributed by atoms with Crippen LogP contribution in [-0.4, -0.2) is 55.2 Å². The Bertz CT molecular complexity index is 982. The van der Waals surface area contributed by atoms with E-state index in [1.807, 2.05) is 34.6 Å². The molecule has 1 amide bonds. The molecule has 4 rings (SSSR count). The highest BCUT2D eigenvalue weighted by atomic mass is 35.5. The molecule has 160 valence electrons. The molecule has 0 spiro atoms. The second kappa shape index (κ2) is 11.0. The van der Waals surface area contributed by atoms with Crippen LogP contribution >= 0.6 is 35.1 Å². The van der Waals surface area contributed by atoms with E-state index in [9.17, 15) is 4.79 Å². The number of benzene rings is 1. The minimum Gasteiger partial charge on any atom is -0.379 e. The molecule has 2 aromatic heterocycles. The number of hydrogen-bond acceptors (Lipinski definition) is 6. The topological polar surface area (TPSA) is 45.7 Å². The van der Waals surface area contributed by atoms with Crippen LogP contribution < -0.4 is 4.90 Å². The zero-order valence-corrected chi connectivity index (χ0v) is 19.4. The molecule has 0 aliphatic carbocycles. The van der Waals surface area contributed by atoms with Crippen LogP contribution in [0.1, 0.15) is 16.9 Å². The van der Waals surface area contributed by atoms with Crippen molar-refractivity contribution in [1.82, 2.24) is 9.88 Å². The quantitative estimate of drug-likeness (QED) is 0.469. The maximum atomic E-state index is 13.0. The van der Waals surface area contributed by atoms with Crippen LogP contribution in [0.15, 0.2) is 41.8 Å². The zero-order chi connectivity index (χ0) is 20.1. The summed E-state index contributed by atoms with van der Waals surface area (Å²) < 4.78 is 6.54. The molecule has 1 aliphatic heterocycles. The van der Waals surface area contributed by atoms with Crippen LogP contribution in [-0.2, 0) is 9.53 Å². The van der Waals surface area contributed by atoms with Gasteiger partial charge in [0.15, 0.2) is 5.13 Å². The number of nitrogens with zero attached hydrogens (tertiary/aromatic N) is 3. The van der Waals surface area contributed by atoms with Crippen LogP contribution in [0.2, 0.25) is 0 Å². The van der Waals surface area contributed by atoms with E-state index in [-0.39, 0.29) is 18.3 Å². The van der Waals surface area contributed by atoms with Gasteiger partial charge in [-0.1, -0.05) is 23.5 Å². The van der Waals surface area contributed by atoms with Gasteiger partial charge in [-0.25, -0.2) is 4.98 Å². The Morgan fingerprint density at radius 1 is 1.30 bits per heavy atom. The highest BCUT2D eigenvalue weighted by Gasteiger charge is 2.19. The summed E-state index contributed by atoms with van der Waals surface area (Å²) in [4.78, 5) is 23.1. The molecule has 1 fully saturated rings. The smallest absolute Gasteiger partial charge is 0.252 e. The molecule has 0 bridgehead atoms. The molecule has 1 aromatic carbocycles. The van der Waals surface area contributed by atoms with Gasteiger partial charge in [0.25, 0.3) is 5.91 Å². The highest BCUT2D eigenvalue weighted by molar-refractivity contribution is 7.22. The number of fused-ring (bicyclic) bond motifs is 1. The summed E-state index contributed by atoms with van der Waals surface area (Å²) in [5, 5.41) is 2.79. The predicted octanol–water partition coefficient (Wildman–Crippen LogP) is 4.86. The number of aromatic nitrogens is 1. The van der Waals surface area contributed by atoms with E-state index in [4.69, 9.17) is 9.72 Å². The minimum absolute atomic E-state index is 0. The number of amides is 1. The highest BCUT2D eigenvalue weighted by Crippen LogP contribution is 2.30.